The number of ether oxygens (including phenoxy) is 3. The highest BCUT2D eigenvalue weighted by Gasteiger charge is 2.72. The molecule has 9 aromatic carbocycles. The van der Waals surface area contributed by atoms with Crippen LogP contribution in [0.1, 0.15) is 70.0 Å². The molecule has 0 fully saturated rings. The third kappa shape index (κ3) is 12.5. The third-order valence-electron chi connectivity index (χ3n) is 13.1. The van der Waals surface area contributed by atoms with Gasteiger partial charge >= 0.3 is 12.4 Å². The minimum absolute atomic E-state index is 0.0523. The molecule has 0 bridgehead atoms. The standard InChI is InChI=1S/C62H42F6O12S2/c1-37-3-6-40(7-4-37)57(69)42-13-22-48(23-14-42)76-50-26-18-46(19-27-50)60(61(63,64)65,62(66,67)68)47-20-28-51(29-21-47)77-49-24-15-43(16-25-49)58(70)41-11-9-39(10-12-41)44-8-5-38(2)54(35-44)59(71)45-17-34-55(56(36-45)81-80-79-72)78-52-30-32-53(33-31-52)82(73,74)75/h3-36,72H,1-2H3,(H,73,74,75). The van der Waals surface area contributed by atoms with Crippen LogP contribution >= 0.6 is 12.0 Å². The summed E-state index contributed by atoms with van der Waals surface area (Å²) in [6.07, 6.45) is -11.7. The Morgan fingerprint density at radius 2 is 0.841 bits per heavy atom. The van der Waals surface area contributed by atoms with E-state index in [2.05, 4.69) is 9.37 Å². The first-order valence-corrected chi connectivity index (χ1v) is 26.6. The lowest BCUT2D eigenvalue weighted by Gasteiger charge is -2.38. The molecule has 0 aromatic heterocycles. The topological polar surface area (TPSA) is 172 Å². The Morgan fingerprint density at radius 3 is 1.28 bits per heavy atom. The molecule has 0 unspecified atom stereocenters. The van der Waals surface area contributed by atoms with E-state index in [-0.39, 0.29) is 67.0 Å². The molecule has 416 valence electrons. The van der Waals surface area contributed by atoms with E-state index in [9.17, 15) is 27.4 Å². The number of carbonyl (C=O) groups is 3. The fourth-order valence-electron chi connectivity index (χ4n) is 8.86. The minimum Gasteiger partial charge on any atom is -0.457 e. The van der Waals surface area contributed by atoms with Gasteiger partial charge in [0.25, 0.3) is 10.1 Å². The van der Waals surface area contributed by atoms with Gasteiger partial charge < -0.3 is 14.2 Å². The lowest BCUT2D eigenvalue weighted by Crippen LogP contribution is -2.54. The van der Waals surface area contributed by atoms with Crippen molar-refractivity contribution in [1.29, 1.82) is 0 Å². The first-order valence-electron chi connectivity index (χ1n) is 24.4. The van der Waals surface area contributed by atoms with Crippen LogP contribution in [0.4, 0.5) is 26.3 Å². The second-order valence-electron chi connectivity index (χ2n) is 18.4. The van der Waals surface area contributed by atoms with Gasteiger partial charge in [0.2, 0.25) is 5.41 Å². The average molecular weight is 1160 g/mol. The summed E-state index contributed by atoms with van der Waals surface area (Å²) >= 11 is 0.525. The zero-order chi connectivity index (χ0) is 58.6. The molecule has 20 heteroatoms. The Morgan fingerprint density at radius 1 is 0.451 bits per heavy atom. The van der Waals surface area contributed by atoms with Crippen molar-refractivity contribution < 1.29 is 82.5 Å². The van der Waals surface area contributed by atoms with Crippen molar-refractivity contribution in [2.75, 3.05) is 0 Å². The number of carbonyl (C=O) groups excluding carboxylic acids is 3. The van der Waals surface area contributed by atoms with Crippen LogP contribution < -0.4 is 14.2 Å². The third-order valence-corrected chi connectivity index (χ3v) is 14.6. The number of aryl methyl sites for hydroxylation is 2. The molecular weight excluding hydrogens is 1110 g/mol. The van der Waals surface area contributed by atoms with Crippen LogP contribution in [-0.2, 0) is 24.9 Å². The molecule has 0 aliphatic rings. The zero-order valence-corrected chi connectivity index (χ0v) is 44.3. The van der Waals surface area contributed by atoms with Gasteiger partial charge in [0.05, 0.1) is 21.8 Å². The number of ketones is 3. The van der Waals surface area contributed by atoms with E-state index in [4.69, 9.17) is 19.5 Å². The highest BCUT2D eigenvalue weighted by molar-refractivity contribution is 7.94. The lowest BCUT2D eigenvalue weighted by molar-refractivity contribution is -0.432. The summed E-state index contributed by atoms with van der Waals surface area (Å²) in [6, 6.07) is 46.4. The van der Waals surface area contributed by atoms with Gasteiger partial charge in [0.1, 0.15) is 34.5 Å². The second kappa shape index (κ2) is 23.7. The van der Waals surface area contributed by atoms with Gasteiger partial charge in [-0.2, -0.15) is 34.8 Å². The molecule has 0 saturated heterocycles. The molecule has 0 heterocycles. The molecule has 0 radical (unpaired) electrons. The van der Waals surface area contributed by atoms with Crippen LogP contribution in [0.2, 0.25) is 0 Å². The molecule has 9 aromatic rings. The van der Waals surface area contributed by atoms with Gasteiger partial charge in [0.15, 0.2) is 17.3 Å². The van der Waals surface area contributed by atoms with Gasteiger partial charge in [-0.1, -0.05) is 95.5 Å². The summed E-state index contributed by atoms with van der Waals surface area (Å²) in [5, 5.41) is 12.6. The molecule has 0 aliphatic carbocycles. The molecular formula is C62H42F6O12S2. The van der Waals surface area contributed by atoms with Crippen molar-refractivity contribution >= 4 is 39.5 Å². The maximum atomic E-state index is 15.1. The van der Waals surface area contributed by atoms with E-state index >= 15 is 26.3 Å². The van der Waals surface area contributed by atoms with E-state index < -0.39 is 44.8 Å². The second-order valence-corrected chi connectivity index (χ2v) is 20.6. The van der Waals surface area contributed by atoms with E-state index in [1.165, 1.54) is 78.9 Å². The van der Waals surface area contributed by atoms with Crippen molar-refractivity contribution in [3.05, 3.63) is 262 Å². The predicted octanol–water partition coefficient (Wildman–Crippen LogP) is 16.1. The zero-order valence-electron chi connectivity index (χ0n) is 42.7. The Bertz CT molecular complexity index is 3900. The van der Waals surface area contributed by atoms with Crippen molar-refractivity contribution in [1.82, 2.24) is 0 Å². The molecule has 0 amide bonds. The number of hydrogen-bond donors (Lipinski definition) is 2. The van der Waals surface area contributed by atoms with Gasteiger partial charge in [-0.3, -0.25) is 18.9 Å². The van der Waals surface area contributed by atoms with Crippen molar-refractivity contribution in [2.45, 2.75) is 41.4 Å². The van der Waals surface area contributed by atoms with Crippen molar-refractivity contribution in [3.63, 3.8) is 0 Å². The van der Waals surface area contributed by atoms with Gasteiger partial charge in [0, 0.05) is 33.4 Å². The summed E-state index contributed by atoms with van der Waals surface area (Å²) in [7, 11) is -4.45. The molecule has 0 aliphatic heterocycles. The van der Waals surface area contributed by atoms with Gasteiger partial charge in [-0.25, -0.2) is 5.26 Å². The summed E-state index contributed by atoms with van der Waals surface area (Å²) in [5.74, 6) is -0.537. The number of hydrogen-bond acceptors (Lipinski definition) is 12. The van der Waals surface area contributed by atoms with Crippen molar-refractivity contribution in [3.8, 4) is 45.6 Å². The normalized spacial score (nSPS) is 11.9. The monoisotopic (exact) mass is 1160 g/mol. The van der Waals surface area contributed by atoms with Gasteiger partial charge in [-0.15, -0.1) is 4.33 Å². The molecule has 0 saturated carbocycles. The Hall–Kier alpha value is -8.89. The van der Waals surface area contributed by atoms with Crippen LogP contribution in [0.5, 0.6) is 34.5 Å². The predicted molar refractivity (Wildman–Crippen MR) is 290 cm³/mol. The van der Waals surface area contributed by atoms with Crippen LogP contribution in [-0.4, -0.2) is 47.9 Å². The molecule has 9 rings (SSSR count). The maximum absolute atomic E-state index is 15.1. The molecule has 0 spiro atoms. The van der Waals surface area contributed by atoms with E-state index in [0.29, 0.717) is 75.3 Å². The van der Waals surface area contributed by atoms with Crippen LogP contribution in [0.15, 0.2) is 216 Å². The van der Waals surface area contributed by atoms with Gasteiger partial charge in [-0.05, 0) is 163 Å². The average Bonchev–Trinajstić information content (AvgIpc) is 2.24. The van der Waals surface area contributed by atoms with Crippen LogP contribution in [0.3, 0.4) is 0 Å². The van der Waals surface area contributed by atoms with E-state index in [1.807, 2.05) is 6.92 Å². The first-order chi connectivity index (χ1) is 39.0. The van der Waals surface area contributed by atoms with E-state index in [0.717, 1.165) is 42.0 Å². The summed E-state index contributed by atoms with van der Waals surface area (Å²) < 4.78 is 145. The lowest BCUT2D eigenvalue weighted by atomic mass is 9.73. The Kier molecular flexibility index (Phi) is 16.7. The number of alkyl halides is 6. The SMILES string of the molecule is Cc1ccc(C(=O)c2ccc(Oc3ccc(C(c4ccc(Oc5ccc(C(=O)c6ccc(-c7ccc(C)c(C(=O)c8ccc(Oc9ccc(S(=O)(=O)O)cc9)c(SOOO)c8)c7)cc6)cc5)cc4)(C(F)(F)F)C(F)(F)F)cc3)cc2)cc1. The quantitative estimate of drug-likeness (QED) is 0.0196. The van der Waals surface area contributed by atoms with E-state index in [1.54, 1.807) is 73.7 Å². The molecule has 12 nitrogen and oxygen atoms in total. The summed E-state index contributed by atoms with van der Waals surface area (Å²) in [5.41, 5.74) is -1.92. The number of halogens is 6. The maximum Gasteiger partial charge on any atom is 0.411 e. The largest absolute Gasteiger partial charge is 0.457 e. The smallest absolute Gasteiger partial charge is 0.411 e. The minimum atomic E-state index is -5.87. The highest BCUT2D eigenvalue weighted by atomic mass is 32.2. The van der Waals surface area contributed by atoms with Crippen LogP contribution in [0.25, 0.3) is 11.1 Å². The number of benzene rings is 9. The molecule has 2 N–H and O–H groups in total. The Labute approximate surface area is 468 Å². The highest BCUT2D eigenvalue weighted by Crippen LogP contribution is 2.56. The van der Waals surface area contributed by atoms with Crippen LogP contribution in [0, 0.1) is 13.8 Å². The fraction of sp³-hybridized carbons (Fsp3) is 0.0806. The Balaban J connectivity index is 0.854. The van der Waals surface area contributed by atoms with Crippen molar-refractivity contribution in [2.24, 2.45) is 0 Å². The molecule has 0 atom stereocenters. The molecule has 82 heavy (non-hydrogen) atoms. The first kappa shape index (κ1) is 57.8. The summed E-state index contributed by atoms with van der Waals surface area (Å²) in [4.78, 5) is 40.3. The fourth-order valence-corrected chi connectivity index (χ4v) is 9.81. The summed E-state index contributed by atoms with van der Waals surface area (Å²) in [6.45, 7) is 3.63. The number of rotatable bonds is 19.